The average molecular weight is 503 g/mol. The van der Waals surface area contributed by atoms with Gasteiger partial charge in [-0.25, -0.2) is 0 Å². The van der Waals surface area contributed by atoms with Gasteiger partial charge in [0.2, 0.25) is 5.91 Å². The van der Waals surface area contributed by atoms with E-state index in [4.69, 9.17) is 0 Å². The Hall–Kier alpha value is -1.58. The molecule has 28 heavy (non-hydrogen) atoms. The van der Waals surface area contributed by atoms with Crippen LogP contribution in [0.3, 0.4) is 0 Å². The van der Waals surface area contributed by atoms with E-state index in [1.54, 1.807) is 12.1 Å². The lowest BCUT2D eigenvalue weighted by molar-refractivity contribution is -0.127. The van der Waals surface area contributed by atoms with E-state index in [0.29, 0.717) is 13.0 Å². The summed E-state index contributed by atoms with van der Waals surface area (Å²) in [6, 6.07) is 5.37. The molecule has 1 aromatic rings. The highest BCUT2D eigenvalue weighted by molar-refractivity contribution is 14.0. The smallest absolute Gasteiger partial charge is 0.250 e. The van der Waals surface area contributed by atoms with Crippen LogP contribution in [0.2, 0.25) is 0 Å². The fourth-order valence-electron chi connectivity index (χ4n) is 3.25. The van der Waals surface area contributed by atoms with Gasteiger partial charge in [0.15, 0.2) is 5.96 Å². The minimum Gasteiger partial charge on any atom is -0.357 e. The highest BCUT2D eigenvalue weighted by Crippen LogP contribution is 2.09. The number of hydrogen-bond acceptors (Lipinski definition) is 3. The van der Waals surface area contributed by atoms with E-state index < -0.39 is 0 Å². The first kappa shape index (κ1) is 24.5. The number of carbonyl (C=O) groups excluding carboxylic acids is 1. The van der Waals surface area contributed by atoms with Crippen molar-refractivity contribution in [1.82, 2.24) is 20.1 Å². The minimum absolute atomic E-state index is 0. The zero-order valence-corrected chi connectivity index (χ0v) is 19.4. The average Bonchev–Trinajstić information content (AvgIpc) is 3.05. The van der Waals surface area contributed by atoms with Crippen molar-refractivity contribution >= 4 is 35.8 Å². The van der Waals surface area contributed by atoms with Gasteiger partial charge in [0, 0.05) is 57.4 Å². The Morgan fingerprint density at radius 3 is 2.64 bits per heavy atom. The SMILES string of the molecule is CCNC(=NCCCN1CCCC1=O)NCCCCn1c(C)cccc1=O.I. The van der Waals surface area contributed by atoms with E-state index in [1.807, 2.05) is 29.4 Å². The number of rotatable bonds is 10. The molecule has 0 radical (unpaired) electrons. The number of nitrogens with zero attached hydrogens (tertiary/aromatic N) is 3. The molecule has 1 saturated heterocycles. The van der Waals surface area contributed by atoms with Crippen molar-refractivity contribution in [2.24, 2.45) is 4.99 Å². The quantitative estimate of drug-likeness (QED) is 0.222. The van der Waals surface area contributed by atoms with Crippen LogP contribution >= 0.6 is 24.0 Å². The number of carbonyl (C=O) groups is 1. The molecule has 0 aliphatic carbocycles. The van der Waals surface area contributed by atoms with Crippen molar-refractivity contribution in [3.05, 3.63) is 34.2 Å². The zero-order chi connectivity index (χ0) is 19.5. The van der Waals surface area contributed by atoms with Gasteiger partial charge in [0.05, 0.1) is 0 Å². The number of pyridine rings is 1. The summed E-state index contributed by atoms with van der Waals surface area (Å²) in [5.74, 6) is 1.09. The number of aliphatic imine (C=N–C) groups is 1. The van der Waals surface area contributed by atoms with Crippen LogP contribution in [0.5, 0.6) is 0 Å². The van der Waals surface area contributed by atoms with E-state index >= 15 is 0 Å². The molecular formula is C20H34IN5O2. The first-order valence-corrected chi connectivity index (χ1v) is 10.1. The van der Waals surface area contributed by atoms with Crippen LogP contribution < -0.4 is 16.2 Å². The van der Waals surface area contributed by atoms with Crippen molar-refractivity contribution in [3.8, 4) is 0 Å². The van der Waals surface area contributed by atoms with Crippen LogP contribution in [0.4, 0.5) is 0 Å². The number of aromatic nitrogens is 1. The number of hydrogen-bond donors (Lipinski definition) is 2. The van der Waals surface area contributed by atoms with Crippen molar-refractivity contribution in [2.75, 3.05) is 32.7 Å². The molecule has 1 aromatic heterocycles. The topological polar surface area (TPSA) is 78.7 Å². The molecule has 158 valence electrons. The highest BCUT2D eigenvalue weighted by atomic mass is 127. The Labute approximate surface area is 185 Å². The van der Waals surface area contributed by atoms with Crippen LogP contribution in [0.15, 0.2) is 28.0 Å². The second-order valence-corrected chi connectivity index (χ2v) is 6.89. The van der Waals surface area contributed by atoms with Crippen LogP contribution in [0.25, 0.3) is 0 Å². The third-order valence-corrected chi connectivity index (χ3v) is 4.74. The van der Waals surface area contributed by atoms with Gasteiger partial charge in [-0.15, -0.1) is 24.0 Å². The number of nitrogens with one attached hydrogen (secondary N) is 2. The van der Waals surface area contributed by atoms with Gasteiger partial charge in [-0.3, -0.25) is 14.6 Å². The molecule has 0 saturated carbocycles. The van der Waals surface area contributed by atoms with E-state index in [1.165, 1.54) is 0 Å². The van der Waals surface area contributed by atoms with Crippen molar-refractivity contribution in [2.45, 2.75) is 52.5 Å². The number of halogens is 1. The van der Waals surface area contributed by atoms with Crippen molar-refractivity contribution < 1.29 is 4.79 Å². The predicted octanol–water partition coefficient (Wildman–Crippen LogP) is 2.12. The largest absolute Gasteiger partial charge is 0.357 e. The molecule has 1 amide bonds. The molecule has 8 heteroatoms. The van der Waals surface area contributed by atoms with Crippen LogP contribution in [-0.4, -0.2) is 54.1 Å². The maximum atomic E-state index is 11.9. The van der Waals surface area contributed by atoms with Gasteiger partial charge in [0.1, 0.15) is 0 Å². The normalized spacial score (nSPS) is 14.1. The molecule has 1 aliphatic rings. The van der Waals surface area contributed by atoms with Crippen LogP contribution in [-0.2, 0) is 11.3 Å². The zero-order valence-electron chi connectivity index (χ0n) is 17.1. The predicted molar refractivity (Wildman–Crippen MR) is 125 cm³/mol. The van der Waals surface area contributed by atoms with E-state index in [0.717, 1.165) is 70.1 Å². The monoisotopic (exact) mass is 503 g/mol. The summed E-state index contributed by atoms with van der Waals surface area (Å²) in [5.41, 5.74) is 1.07. The van der Waals surface area contributed by atoms with E-state index in [-0.39, 0.29) is 35.4 Å². The van der Waals surface area contributed by atoms with Gasteiger partial charge in [-0.05, 0) is 45.6 Å². The molecule has 0 unspecified atom stereocenters. The molecular weight excluding hydrogens is 469 g/mol. The Morgan fingerprint density at radius 2 is 1.96 bits per heavy atom. The fourth-order valence-corrected chi connectivity index (χ4v) is 3.25. The first-order chi connectivity index (χ1) is 13.1. The Balaban J connectivity index is 0.00000392. The molecule has 1 aliphatic heterocycles. The molecule has 2 rings (SSSR count). The molecule has 0 atom stereocenters. The van der Waals surface area contributed by atoms with Gasteiger partial charge < -0.3 is 20.1 Å². The number of amides is 1. The van der Waals surface area contributed by atoms with Crippen LogP contribution in [0, 0.1) is 6.92 Å². The summed E-state index contributed by atoms with van der Waals surface area (Å²) in [4.78, 5) is 30.0. The van der Waals surface area contributed by atoms with E-state index in [2.05, 4.69) is 15.6 Å². The Bertz CT molecular complexity index is 689. The first-order valence-electron chi connectivity index (χ1n) is 10.1. The number of aryl methyl sites for hydroxylation is 1. The summed E-state index contributed by atoms with van der Waals surface area (Å²) >= 11 is 0. The lowest BCUT2D eigenvalue weighted by Gasteiger charge is -2.15. The summed E-state index contributed by atoms with van der Waals surface area (Å²) in [5, 5.41) is 6.59. The van der Waals surface area contributed by atoms with Gasteiger partial charge >= 0.3 is 0 Å². The van der Waals surface area contributed by atoms with E-state index in [9.17, 15) is 9.59 Å². The standard InChI is InChI=1S/C20H33N5O2.HI/c1-3-21-20(23-13-8-15-24-14-7-11-18(24)26)22-12-4-5-16-25-17(2)9-6-10-19(25)27;/h6,9-10H,3-5,7-8,11-16H2,1-2H3,(H2,21,22,23);1H. The Morgan fingerprint density at radius 1 is 1.14 bits per heavy atom. The van der Waals surface area contributed by atoms with Crippen molar-refractivity contribution in [3.63, 3.8) is 0 Å². The molecule has 0 spiro atoms. The molecule has 7 nitrogen and oxygen atoms in total. The third kappa shape index (κ3) is 8.20. The molecule has 2 N–H and O–H groups in total. The molecule has 0 aromatic carbocycles. The third-order valence-electron chi connectivity index (χ3n) is 4.74. The fraction of sp³-hybridized carbons (Fsp3) is 0.650. The highest BCUT2D eigenvalue weighted by Gasteiger charge is 2.18. The van der Waals surface area contributed by atoms with Crippen LogP contribution in [0.1, 0.15) is 44.7 Å². The summed E-state index contributed by atoms with van der Waals surface area (Å²) in [6.07, 6.45) is 4.48. The number of guanidine groups is 1. The second-order valence-electron chi connectivity index (χ2n) is 6.89. The minimum atomic E-state index is 0. The lowest BCUT2D eigenvalue weighted by Crippen LogP contribution is -2.38. The molecule has 1 fully saturated rings. The van der Waals surface area contributed by atoms with Gasteiger partial charge in [0.25, 0.3) is 5.56 Å². The van der Waals surface area contributed by atoms with Crippen molar-refractivity contribution in [1.29, 1.82) is 0 Å². The molecule has 2 heterocycles. The number of unbranched alkanes of at least 4 members (excludes halogenated alkanes) is 1. The second kappa shape index (κ2) is 13.6. The maximum absolute atomic E-state index is 11.9. The molecule has 0 bridgehead atoms. The number of likely N-dealkylation sites (tertiary alicyclic amines) is 1. The summed E-state index contributed by atoms with van der Waals surface area (Å²) in [6.45, 7) is 8.78. The maximum Gasteiger partial charge on any atom is 0.250 e. The lowest BCUT2D eigenvalue weighted by atomic mass is 10.3. The summed E-state index contributed by atoms with van der Waals surface area (Å²) < 4.78 is 1.82. The van der Waals surface area contributed by atoms with Gasteiger partial charge in [-0.2, -0.15) is 0 Å². The Kier molecular flexibility index (Phi) is 11.9. The van der Waals surface area contributed by atoms with Gasteiger partial charge in [-0.1, -0.05) is 6.07 Å². The summed E-state index contributed by atoms with van der Waals surface area (Å²) in [7, 11) is 0.